The third kappa shape index (κ3) is 8.52. The summed E-state index contributed by atoms with van der Waals surface area (Å²) in [5.74, 6) is 1.01. The van der Waals surface area contributed by atoms with Crippen LogP contribution in [-0.4, -0.2) is 56.7 Å². The minimum atomic E-state index is -0.188. The highest BCUT2D eigenvalue weighted by atomic mass is 35.5. The first kappa shape index (κ1) is 28.6. The van der Waals surface area contributed by atoms with E-state index >= 15 is 0 Å². The molecule has 1 fully saturated rings. The van der Waals surface area contributed by atoms with Gasteiger partial charge in [-0.05, 0) is 35.7 Å². The van der Waals surface area contributed by atoms with Crippen molar-refractivity contribution < 1.29 is 23.7 Å². The topological polar surface area (TPSA) is 71.8 Å². The van der Waals surface area contributed by atoms with Gasteiger partial charge in [0, 0.05) is 54.7 Å². The van der Waals surface area contributed by atoms with Gasteiger partial charge >= 0.3 is 0 Å². The third-order valence-electron chi connectivity index (χ3n) is 6.23. The molecule has 0 aliphatic carbocycles. The fourth-order valence-corrected chi connectivity index (χ4v) is 4.48. The molecule has 0 unspecified atom stereocenters. The van der Waals surface area contributed by atoms with Gasteiger partial charge in [-0.2, -0.15) is 0 Å². The number of carbonyl (C=O) groups is 1. The van der Waals surface area contributed by atoms with E-state index in [0.717, 1.165) is 37.2 Å². The first-order valence-electron chi connectivity index (χ1n) is 12.2. The second-order valence-electron chi connectivity index (χ2n) is 8.64. The van der Waals surface area contributed by atoms with Crippen LogP contribution in [0.3, 0.4) is 0 Å². The fraction of sp³-hybridized carbons (Fsp3) is 0.357. The van der Waals surface area contributed by atoms with Gasteiger partial charge in [0.15, 0.2) is 0 Å². The van der Waals surface area contributed by atoms with Crippen molar-refractivity contribution in [2.24, 2.45) is 5.92 Å². The van der Waals surface area contributed by atoms with Crippen molar-refractivity contribution in [3.05, 3.63) is 82.5 Å². The summed E-state index contributed by atoms with van der Waals surface area (Å²) in [7, 11) is 3.08. The number of hydroxylamine groups is 1. The van der Waals surface area contributed by atoms with Gasteiger partial charge < -0.3 is 14.8 Å². The highest BCUT2D eigenvalue weighted by Crippen LogP contribution is 2.35. The maximum Gasteiger partial charge on any atom is 0.251 e. The van der Waals surface area contributed by atoms with Crippen LogP contribution in [0.15, 0.2) is 61.3 Å². The minimum Gasteiger partial charge on any atom is -0.495 e. The SMILES string of the molecule is C=CC(/C=C\NOC)=[N+]1CCC(CNC(=O)c2cc(OC)c(Cl)c(OCCc3ccc(Cl)cc3)c2)CC1. The number of benzene rings is 2. The summed E-state index contributed by atoms with van der Waals surface area (Å²) in [5.41, 5.74) is 5.26. The summed E-state index contributed by atoms with van der Waals surface area (Å²) in [6.45, 7) is 6.67. The molecule has 2 aromatic carbocycles. The average Bonchev–Trinajstić information content (AvgIpc) is 2.92. The molecule has 1 heterocycles. The molecule has 2 N–H and O–H groups in total. The normalized spacial score (nSPS) is 15.4. The lowest BCUT2D eigenvalue weighted by atomic mass is 9.97. The number of piperidine rings is 1. The number of hydrogen-bond donors (Lipinski definition) is 2. The molecule has 1 amide bonds. The number of amides is 1. The monoisotopic (exact) mass is 546 g/mol. The van der Waals surface area contributed by atoms with Crippen molar-refractivity contribution in [2.75, 3.05) is 40.5 Å². The number of carbonyl (C=O) groups excluding carboxylic acids is 1. The Bertz CT molecular complexity index is 1120. The van der Waals surface area contributed by atoms with Crippen LogP contribution < -0.4 is 20.3 Å². The Morgan fingerprint density at radius 1 is 1.14 bits per heavy atom. The largest absolute Gasteiger partial charge is 0.495 e. The fourth-order valence-electron chi connectivity index (χ4n) is 4.11. The van der Waals surface area contributed by atoms with Crippen molar-refractivity contribution in [1.82, 2.24) is 10.8 Å². The van der Waals surface area contributed by atoms with Gasteiger partial charge in [0.2, 0.25) is 5.71 Å². The zero-order valence-corrected chi connectivity index (χ0v) is 22.8. The van der Waals surface area contributed by atoms with Crippen LogP contribution in [0.2, 0.25) is 10.0 Å². The number of nitrogens with zero attached hydrogens (tertiary/aromatic N) is 1. The number of halogens is 2. The van der Waals surface area contributed by atoms with Gasteiger partial charge in [-0.3, -0.25) is 15.1 Å². The molecule has 0 radical (unpaired) electrons. The quantitative estimate of drug-likeness (QED) is 0.287. The van der Waals surface area contributed by atoms with Crippen LogP contribution in [0.1, 0.15) is 28.8 Å². The predicted molar refractivity (Wildman–Crippen MR) is 148 cm³/mol. The van der Waals surface area contributed by atoms with Crippen LogP contribution in [0, 0.1) is 5.92 Å². The van der Waals surface area contributed by atoms with E-state index in [-0.39, 0.29) is 5.91 Å². The van der Waals surface area contributed by atoms with E-state index < -0.39 is 0 Å². The maximum absolute atomic E-state index is 13.0. The van der Waals surface area contributed by atoms with Crippen LogP contribution in [-0.2, 0) is 11.3 Å². The summed E-state index contributed by atoms with van der Waals surface area (Å²) >= 11 is 12.4. The molecule has 0 spiro atoms. The highest BCUT2D eigenvalue weighted by Gasteiger charge is 2.24. The van der Waals surface area contributed by atoms with Crippen molar-refractivity contribution >= 4 is 34.8 Å². The molecule has 1 aliphatic heterocycles. The van der Waals surface area contributed by atoms with Crippen molar-refractivity contribution in [1.29, 1.82) is 0 Å². The molecule has 2 aromatic rings. The molecule has 7 nitrogen and oxygen atoms in total. The van der Waals surface area contributed by atoms with E-state index in [1.807, 2.05) is 36.4 Å². The van der Waals surface area contributed by atoms with E-state index in [0.29, 0.717) is 52.6 Å². The molecular formula is C28H34Cl2N3O4+. The standard InChI is InChI=1S/C28H33Cl2N3O4/c1-4-24(9-13-32-36-3)33-14-10-21(11-15-33)19-31-28(34)22-17-25(35-2)27(30)26(18-22)37-16-12-20-5-7-23(29)8-6-20/h4-9,13,17-18,21H,1,10-12,14-16,19H2,2-3H3,(H,31,34)/p+1. The molecule has 37 heavy (non-hydrogen) atoms. The Morgan fingerprint density at radius 3 is 2.49 bits per heavy atom. The van der Waals surface area contributed by atoms with E-state index in [1.54, 1.807) is 25.4 Å². The molecule has 1 aliphatic rings. The first-order valence-corrected chi connectivity index (χ1v) is 12.9. The lowest BCUT2D eigenvalue weighted by Crippen LogP contribution is -2.36. The molecule has 3 rings (SSSR count). The summed E-state index contributed by atoms with van der Waals surface area (Å²) < 4.78 is 13.6. The zero-order chi connectivity index (χ0) is 26.6. The Kier molecular flexibility index (Phi) is 11.3. The molecule has 1 saturated heterocycles. The molecule has 0 aromatic heterocycles. The van der Waals surface area contributed by atoms with Crippen LogP contribution >= 0.6 is 23.2 Å². The molecule has 9 heteroatoms. The lowest BCUT2D eigenvalue weighted by Gasteiger charge is -2.22. The van der Waals surface area contributed by atoms with E-state index in [4.69, 9.17) is 37.5 Å². The summed E-state index contributed by atoms with van der Waals surface area (Å²) in [6, 6.07) is 10.9. The Hall–Kier alpha value is -3.00. The number of nitrogens with one attached hydrogen (secondary N) is 2. The van der Waals surface area contributed by atoms with Crippen molar-refractivity contribution in [3.8, 4) is 11.5 Å². The predicted octanol–water partition coefficient (Wildman–Crippen LogP) is 5.07. The smallest absolute Gasteiger partial charge is 0.251 e. The second-order valence-corrected chi connectivity index (χ2v) is 9.45. The van der Waals surface area contributed by atoms with Gasteiger partial charge in [0.05, 0.1) is 20.8 Å². The first-order chi connectivity index (χ1) is 17.9. The number of hydrogen-bond acceptors (Lipinski definition) is 5. The second kappa shape index (κ2) is 14.7. The van der Waals surface area contributed by atoms with Gasteiger partial charge in [0.1, 0.15) is 29.6 Å². The number of allylic oxidation sites excluding steroid dienone is 2. The summed E-state index contributed by atoms with van der Waals surface area (Å²) in [6.07, 6.45) is 8.10. The van der Waals surface area contributed by atoms with Gasteiger partial charge in [-0.15, -0.1) is 0 Å². The maximum atomic E-state index is 13.0. The van der Waals surface area contributed by atoms with E-state index in [9.17, 15) is 4.79 Å². The number of methoxy groups -OCH3 is 1. The Balaban J connectivity index is 1.56. The minimum absolute atomic E-state index is 0.188. The van der Waals surface area contributed by atoms with Gasteiger partial charge in [-0.1, -0.05) is 41.9 Å². The average molecular weight is 548 g/mol. The highest BCUT2D eigenvalue weighted by molar-refractivity contribution is 6.33. The van der Waals surface area contributed by atoms with Crippen LogP contribution in [0.25, 0.3) is 0 Å². The van der Waals surface area contributed by atoms with E-state index in [2.05, 4.69) is 22.0 Å². The number of rotatable bonds is 12. The van der Waals surface area contributed by atoms with Gasteiger partial charge in [0.25, 0.3) is 5.91 Å². The van der Waals surface area contributed by atoms with Crippen molar-refractivity contribution in [2.45, 2.75) is 19.3 Å². The molecule has 0 atom stereocenters. The van der Waals surface area contributed by atoms with Gasteiger partial charge in [-0.25, -0.2) is 4.58 Å². The summed E-state index contributed by atoms with van der Waals surface area (Å²) in [5, 5.41) is 4.09. The number of ether oxygens (including phenoxy) is 2. The zero-order valence-electron chi connectivity index (χ0n) is 21.3. The lowest BCUT2D eigenvalue weighted by molar-refractivity contribution is -0.539. The molecule has 198 valence electrons. The van der Waals surface area contributed by atoms with Crippen LogP contribution in [0.5, 0.6) is 11.5 Å². The molecular weight excluding hydrogens is 513 g/mol. The third-order valence-corrected chi connectivity index (χ3v) is 6.85. The molecule has 0 saturated carbocycles. The molecule has 0 bridgehead atoms. The van der Waals surface area contributed by atoms with Crippen molar-refractivity contribution in [3.63, 3.8) is 0 Å². The Labute approximate surface area is 228 Å². The Morgan fingerprint density at radius 2 is 1.84 bits per heavy atom. The van der Waals surface area contributed by atoms with Crippen LogP contribution in [0.4, 0.5) is 0 Å². The summed E-state index contributed by atoms with van der Waals surface area (Å²) in [4.78, 5) is 17.8. The van der Waals surface area contributed by atoms with E-state index in [1.165, 1.54) is 7.11 Å².